The second-order valence-corrected chi connectivity index (χ2v) is 5.76. The highest BCUT2D eigenvalue weighted by Gasteiger charge is 2.03. The van der Waals surface area contributed by atoms with E-state index in [-0.39, 0.29) is 18.3 Å². The molecular weight excluding hydrogens is 332 g/mol. The van der Waals surface area contributed by atoms with E-state index in [1.54, 1.807) is 12.1 Å². The number of nitrogens with one attached hydrogen (secondary N) is 1. The van der Waals surface area contributed by atoms with Crippen molar-refractivity contribution >= 4 is 12.1 Å². The van der Waals surface area contributed by atoms with Crippen LogP contribution in [0, 0.1) is 0 Å². The summed E-state index contributed by atoms with van der Waals surface area (Å²) >= 11 is 0. The van der Waals surface area contributed by atoms with Gasteiger partial charge in [-0.3, -0.25) is 4.79 Å². The van der Waals surface area contributed by atoms with E-state index >= 15 is 0 Å². The van der Waals surface area contributed by atoms with Gasteiger partial charge in [0.2, 0.25) is 0 Å². The number of hydrogen-bond donors (Lipinski definition) is 2. The number of aryl methyl sites for hydroxylation is 1. The number of hydrogen-bond acceptors (Lipinski definition) is 5. The summed E-state index contributed by atoms with van der Waals surface area (Å²) in [5.74, 6) is 0.670. The Morgan fingerprint density at radius 1 is 1.23 bits per heavy atom. The largest absolute Gasteiger partial charge is 0.504 e. The lowest BCUT2D eigenvalue weighted by Crippen LogP contribution is -2.24. The van der Waals surface area contributed by atoms with Crippen molar-refractivity contribution in [2.75, 3.05) is 13.7 Å². The molecule has 6 heteroatoms. The zero-order chi connectivity index (χ0) is 18.8. The van der Waals surface area contributed by atoms with Crippen molar-refractivity contribution in [3.05, 3.63) is 53.6 Å². The molecule has 0 radical (unpaired) electrons. The third-order valence-corrected chi connectivity index (χ3v) is 3.72. The van der Waals surface area contributed by atoms with Crippen molar-refractivity contribution in [2.24, 2.45) is 5.10 Å². The molecule has 1 amide bonds. The van der Waals surface area contributed by atoms with Gasteiger partial charge in [-0.05, 0) is 54.3 Å². The average Bonchev–Trinajstić information content (AvgIpc) is 2.66. The predicted octanol–water partition coefficient (Wildman–Crippen LogP) is 3.27. The number of methoxy groups -OCH3 is 1. The van der Waals surface area contributed by atoms with Gasteiger partial charge in [0.25, 0.3) is 5.91 Å². The maximum absolute atomic E-state index is 11.8. The highest BCUT2D eigenvalue weighted by molar-refractivity contribution is 5.83. The Bertz CT molecular complexity index is 742. The van der Waals surface area contributed by atoms with Crippen LogP contribution in [0.4, 0.5) is 0 Å². The van der Waals surface area contributed by atoms with Crippen LogP contribution in [0.3, 0.4) is 0 Å². The standard InChI is InChI=1S/C20H24N2O4/c1-3-4-5-15-6-9-17(10-7-15)26-14-20(24)22-21-13-16-8-11-18(23)19(12-16)25-2/h6-13,23H,3-5,14H2,1-2H3,(H,22,24)/b21-13+. The van der Waals surface area contributed by atoms with E-state index in [0.29, 0.717) is 17.1 Å². The number of rotatable bonds is 9. The van der Waals surface area contributed by atoms with Gasteiger partial charge in [-0.2, -0.15) is 5.10 Å². The number of nitrogens with zero attached hydrogens (tertiary/aromatic N) is 1. The van der Waals surface area contributed by atoms with Gasteiger partial charge in [0.1, 0.15) is 5.75 Å². The van der Waals surface area contributed by atoms with Crippen molar-refractivity contribution in [1.82, 2.24) is 5.43 Å². The number of carbonyl (C=O) groups is 1. The highest BCUT2D eigenvalue weighted by Crippen LogP contribution is 2.25. The average molecular weight is 356 g/mol. The lowest BCUT2D eigenvalue weighted by atomic mass is 10.1. The van der Waals surface area contributed by atoms with Crippen LogP contribution in [0.1, 0.15) is 30.9 Å². The van der Waals surface area contributed by atoms with Gasteiger partial charge in [-0.25, -0.2) is 5.43 Å². The Kier molecular flexibility index (Phi) is 7.49. The van der Waals surface area contributed by atoms with Crippen LogP contribution in [0.25, 0.3) is 0 Å². The molecule has 0 atom stereocenters. The third kappa shape index (κ3) is 6.12. The lowest BCUT2D eigenvalue weighted by molar-refractivity contribution is -0.123. The van der Waals surface area contributed by atoms with Gasteiger partial charge in [0, 0.05) is 0 Å². The van der Waals surface area contributed by atoms with Gasteiger partial charge < -0.3 is 14.6 Å². The Morgan fingerprint density at radius 2 is 2.00 bits per heavy atom. The predicted molar refractivity (Wildman–Crippen MR) is 101 cm³/mol. The number of ether oxygens (including phenoxy) is 2. The Balaban J connectivity index is 1.78. The van der Waals surface area contributed by atoms with Gasteiger partial charge in [0.15, 0.2) is 18.1 Å². The summed E-state index contributed by atoms with van der Waals surface area (Å²) < 4.78 is 10.5. The van der Waals surface area contributed by atoms with Crippen LogP contribution in [-0.4, -0.2) is 30.9 Å². The minimum Gasteiger partial charge on any atom is -0.504 e. The third-order valence-electron chi connectivity index (χ3n) is 3.72. The fourth-order valence-corrected chi connectivity index (χ4v) is 2.27. The first kappa shape index (κ1) is 19.3. The highest BCUT2D eigenvalue weighted by atomic mass is 16.5. The number of carbonyl (C=O) groups excluding carboxylic acids is 1. The number of amides is 1. The molecule has 0 heterocycles. The van der Waals surface area contributed by atoms with E-state index in [1.165, 1.54) is 25.0 Å². The second-order valence-electron chi connectivity index (χ2n) is 5.76. The molecule has 2 rings (SSSR count). The van der Waals surface area contributed by atoms with Crippen LogP contribution in [0.15, 0.2) is 47.6 Å². The number of benzene rings is 2. The van der Waals surface area contributed by atoms with E-state index < -0.39 is 0 Å². The van der Waals surface area contributed by atoms with Gasteiger partial charge in [-0.15, -0.1) is 0 Å². The summed E-state index contributed by atoms with van der Waals surface area (Å²) in [5.41, 5.74) is 4.34. The van der Waals surface area contributed by atoms with Crippen molar-refractivity contribution in [3.63, 3.8) is 0 Å². The fourth-order valence-electron chi connectivity index (χ4n) is 2.27. The van der Waals surface area contributed by atoms with Crippen LogP contribution in [-0.2, 0) is 11.2 Å². The summed E-state index contributed by atoms with van der Waals surface area (Å²) in [6, 6.07) is 12.5. The Hall–Kier alpha value is -3.02. The molecule has 0 fully saturated rings. The molecule has 0 unspecified atom stereocenters. The van der Waals surface area contributed by atoms with Crippen LogP contribution in [0.2, 0.25) is 0 Å². The van der Waals surface area contributed by atoms with E-state index in [2.05, 4.69) is 17.5 Å². The quantitative estimate of drug-likeness (QED) is 0.534. The smallest absolute Gasteiger partial charge is 0.277 e. The van der Waals surface area contributed by atoms with Crippen molar-refractivity contribution in [3.8, 4) is 17.2 Å². The summed E-state index contributed by atoms with van der Waals surface area (Å²) in [7, 11) is 1.46. The van der Waals surface area contributed by atoms with Gasteiger partial charge in [0.05, 0.1) is 13.3 Å². The molecule has 0 saturated carbocycles. The minimum absolute atomic E-state index is 0.0443. The zero-order valence-corrected chi connectivity index (χ0v) is 15.1. The van der Waals surface area contributed by atoms with Crippen LogP contribution < -0.4 is 14.9 Å². The fraction of sp³-hybridized carbons (Fsp3) is 0.300. The lowest BCUT2D eigenvalue weighted by Gasteiger charge is -2.06. The van der Waals surface area contributed by atoms with E-state index in [0.717, 1.165) is 19.3 Å². The summed E-state index contributed by atoms with van der Waals surface area (Å²) in [4.78, 5) is 11.8. The molecule has 0 aromatic heterocycles. The first-order valence-electron chi connectivity index (χ1n) is 8.53. The first-order chi connectivity index (χ1) is 12.6. The molecular formula is C20H24N2O4. The SMILES string of the molecule is CCCCc1ccc(OCC(=O)N/N=C/c2ccc(O)c(OC)c2)cc1. The topological polar surface area (TPSA) is 80.2 Å². The number of unbranched alkanes of at least 4 members (excludes halogenated alkanes) is 1. The maximum Gasteiger partial charge on any atom is 0.277 e. The molecule has 2 aromatic rings. The molecule has 26 heavy (non-hydrogen) atoms. The minimum atomic E-state index is -0.359. The summed E-state index contributed by atoms with van der Waals surface area (Å²) in [5, 5.41) is 13.4. The van der Waals surface area contributed by atoms with Gasteiger partial charge in [-0.1, -0.05) is 25.5 Å². The second kappa shape index (κ2) is 10.1. The van der Waals surface area contributed by atoms with Crippen LogP contribution in [0.5, 0.6) is 17.2 Å². The van der Waals surface area contributed by atoms with Crippen molar-refractivity contribution < 1.29 is 19.4 Å². The summed E-state index contributed by atoms with van der Waals surface area (Å²) in [6.45, 7) is 2.04. The van der Waals surface area contributed by atoms with Crippen LogP contribution >= 0.6 is 0 Å². The summed E-state index contributed by atoms with van der Waals surface area (Å²) in [6.07, 6.45) is 4.83. The maximum atomic E-state index is 11.8. The molecule has 0 bridgehead atoms. The number of phenols is 1. The first-order valence-corrected chi connectivity index (χ1v) is 8.53. The molecule has 6 nitrogen and oxygen atoms in total. The Morgan fingerprint density at radius 3 is 2.69 bits per heavy atom. The molecule has 0 spiro atoms. The number of hydrazone groups is 1. The van der Waals surface area contributed by atoms with E-state index in [4.69, 9.17) is 9.47 Å². The zero-order valence-electron chi connectivity index (χ0n) is 15.1. The number of aromatic hydroxyl groups is 1. The molecule has 0 saturated heterocycles. The normalized spacial score (nSPS) is 10.7. The van der Waals surface area contributed by atoms with E-state index in [9.17, 15) is 9.90 Å². The van der Waals surface area contributed by atoms with Crippen molar-refractivity contribution in [2.45, 2.75) is 26.2 Å². The molecule has 0 aliphatic heterocycles. The van der Waals surface area contributed by atoms with Gasteiger partial charge >= 0.3 is 0 Å². The number of phenolic OH excluding ortho intramolecular Hbond substituents is 1. The molecule has 2 aromatic carbocycles. The molecule has 2 N–H and O–H groups in total. The monoisotopic (exact) mass is 356 g/mol. The molecule has 0 aliphatic rings. The Labute approximate surface area is 153 Å². The molecule has 0 aliphatic carbocycles. The van der Waals surface area contributed by atoms with Crippen molar-refractivity contribution in [1.29, 1.82) is 0 Å². The van der Waals surface area contributed by atoms with E-state index in [1.807, 2.05) is 24.3 Å². The molecule has 138 valence electrons.